The molecule has 4 nitrogen and oxygen atoms in total. The van der Waals surface area contributed by atoms with Crippen molar-refractivity contribution >= 4 is 34.0 Å². The number of Topliss-reactive ketones (excluding diaryl/α,β-unsaturated/α-hetero) is 1. The summed E-state index contributed by atoms with van der Waals surface area (Å²) < 4.78 is 0.857. The number of benzene rings is 1. The molecular formula is C19H23N3OS2. The number of thioether (sulfide) groups is 1. The molecule has 1 aromatic carbocycles. The topological polar surface area (TPSA) is 54.9 Å². The van der Waals surface area contributed by atoms with Crippen LogP contribution >= 0.6 is 23.1 Å². The molecule has 2 aliphatic rings. The van der Waals surface area contributed by atoms with Gasteiger partial charge in [-0.05, 0) is 37.2 Å². The lowest BCUT2D eigenvalue weighted by Gasteiger charge is -2.22. The van der Waals surface area contributed by atoms with Gasteiger partial charge in [0.1, 0.15) is 0 Å². The van der Waals surface area contributed by atoms with Crippen molar-refractivity contribution in [2.24, 2.45) is 0 Å². The lowest BCUT2D eigenvalue weighted by atomic mass is 9.84. The molecule has 0 unspecified atom stereocenters. The van der Waals surface area contributed by atoms with Crippen molar-refractivity contribution in [2.45, 2.75) is 61.2 Å². The van der Waals surface area contributed by atoms with Crippen LogP contribution in [0.15, 0.2) is 28.6 Å². The number of anilines is 1. The molecule has 2 aromatic rings. The number of hydrogen-bond acceptors (Lipinski definition) is 6. The maximum Gasteiger partial charge on any atom is 0.206 e. The number of rotatable bonds is 7. The highest BCUT2D eigenvalue weighted by molar-refractivity contribution is 8.01. The molecule has 1 heterocycles. The Kier molecular flexibility index (Phi) is 5.36. The highest BCUT2D eigenvalue weighted by Crippen LogP contribution is 2.33. The zero-order valence-electron chi connectivity index (χ0n) is 14.2. The van der Waals surface area contributed by atoms with E-state index in [1.54, 1.807) is 0 Å². The quantitative estimate of drug-likeness (QED) is 0.538. The molecule has 1 N–H and O–H groups in total. The van der Waals surface area contributed by atoms with E-state index in [4.69, 9.17) is 0 Å². The zero-order chi connectivity index (χ0) is 17.1. The standard InChI is InChI=1S/C19H23N3OS2/c23-17(12-24-19-22-21-18(25-19)20-16-10-11-16)15-8-6-14(7-9-15)13-4-2-1-3-5-13/h6-9,13,16H,1-5,10-12H2,(H,20,21). The summed E-state index contributed by atoms with van der Waals surface area (Å²) in [6.45, 7) is 0. The van der Waals surface area contributed by atoms with Crippen LogP contribution in [0.3, 0.4) is 0 Å². The fourth-order valence-electron chi connectivity index (χ4n) is 3.32. The third-order valence-electron chi connectivity index (χ3n) is 4.95. The van der Waals surface area contributed by atoms with Crippen LogP contribution in [-0.2, 0) is 0 Å². The van der Waals surface area contributed by atoms with E-state index in [1.165, 1.54) is 73.6 Å². The first kappa shape index (κ1) is 17.0. The first-order chi connectivity index (χ1) is 12.3. The van der Waals surface area contributed by atoms with Crippen molar-refractivity contribution < 1.29 is 4.79 Å². The SMILES string of the molecule is O=C(CSc1nnc(NC2CC2)s1)c1ccc(C2CCCCC2)cc1. The molecule has 6 heteroatoms. The van der Waals surface area contributed by atoms with E-state index in [1.807, 2.05) is 12.1 Å². The summed E-state index contributed by atoms with van der Waals surface area (Å²) in [5, 5.41) is 12.5. The van der Waals surface area contributed by atoms with Gasteiger partial charge in [0.2, 0.25) is 5.13 Å². The lowest BCUT2D eigenvalue weighted by Crippen LogP contribution is -2.06. The predicted octanol–water partition coefficient (Wildman–Crippen LogP) is 5.14. The second-order valence-corrected chi connectivity index (χ2v) is 9.16. The molecule has 0 aliphatic heterocycles. The van der Waals surface area contributed by atoms with Crippen molar-refractivity contribution in [3.05, 3.63) is 35.4 Å². The van der Waals surface area contributed by atoms with Crippen molar-refractivity contribution in [3.63, 3.8) is 0 Å². The van der Waals surface area contributed by atoms with E-state index in [0.717, 1.165) is 15.0 Å². The van der Waals surface area contributed by atoms with E-state index in [-0.39, 0.29) is 5.78 Å². The fourth-order valence-corrected chi connectivity index (χ4v) is 5.04. The average molecular weight is 374 g/mol. The number of nitrogens with one attached hydrogen (secondary N) is 1. The third-order valence-corrected chi connectivity index (χ3v) is 6.94. The van der Waals surface area contributed by atoms with E-state index >= 15 is 0 Å². The molecular weight excluding hydrogens is 350 g/mol. The van der Waals surface area contributed by atoms with Crippen LogP contribution in [0.5, 0.6) is 0 Å². The largest absolute Gasteiger partial charge is 0.357 e. The Labute approximate surface area is 156 Å². The van der Waals surface area contributed by atoms with Crippen molar-refractivity contribution in [1.82, 2.24) is 10.2 Å². The second kappa shape index (κ2) is 7.87. The normalized spacial score (nSPS) is 18.2. The Hall–Kier alpha value is -1.40. The third kappa shape index (κ3) is 4.61. The fraction of sp³-hybridized carbons (Fsp3) is 0.526. The number of aromatic nitrogens is 2. The van der Waals surface area contributed by atoms with Crippen molar-refractivity contribution in [3.8, 4) is 0 Å². The highest BCUT2D eigenvalue weighted by atomic mass is 32.2. The molecule has 2 saturated carbocycles. The molecule has 4 rings (SSSR count). The maximum atomic E-state index is 12.4. The average Bonchev–Trinajstić information content (AvgIpc) is 3.37. The predicted molar refractivity (Wildman–Crippen MR) is 104 cm³/mol. The lowest BCUT2D eigenvalue weighted by molar-refractivity contribution is 0.102. The molecule has 132 valence electrons. The number of ketones is 1. The maximum absolute atomic E-state index is 12.4. The Morgan fingerprint density at radius 2 is 1.84 bits per heavy atom. The Morgan fingerprint density at radius 1 is 1.08 bits per heavy atom. The molecule has 2 aliphatic carbocycles. The smallest absolute Gasteiger partial charge is 0.206 e. The molecule has 0 atom stereocenters. The molecule has 0 spiro atoms. The van der Waals surface area contributed by atoms with Gasteiger partial charge in [0.05, 0.1) is 5.75 Å². The van der Waals surface area contributed by atoms with Crippen LogP contribution in [0.1, 0.15) is 66.8 Å². The minimum Gasteiger partial charge on any atom is -0.357 e. The van der Waals surface area contributed by atoms with Crippen molar-refractivity contribution in [2.75, 3.05) is 11.1 Å². The Morgan fingerprint density at radius 3 is 2.56 bits per heavy atom. The molecule has 25 heavy (non-hydrogen) atoms. The zero-order valence-corrected chi connectivity index (χ0v) is 15.9. The summed E-state index contributed by atoms with van der Waals surface area (Å²) in [6, 6.07) is 8.86. The molecule has 1 aromatic heterocycles. The van der Waals surface area contributed by atoms with Crippen LogP contribution in [0.25, 0.3) is 0 Å². The van der Waals surface area contributed by atoms with Crippen LogP contribution in [0, 0.1) is 0 Å². The summed E-state index contributed by atoms with van der Waals surface area (Å²) in [6.07, 6.45) is 9.06. The highest BCUT2D eigenvalue weighted by Gasteiger charge is 2.22. The Balaban J connectivity index is 1.30. The summed E-state index contributed by atoms with van der Waals surface area (Å²) in [7, 11) is 0. The number of carbonyl (C=O) groups excluding carboxylic acids is 1. The molecule has 0 saturated heterocycles. The van der Waals surface area contributed by atoms with Crippen molar-refractivity contribution in [1.29, 1.82) is 0 Å². The monoisotopic (exact) mass is 373 g/mol. The van der Waals surface area contributed by atoms with E-state index in [2.05, 4.69) is 27.6 Å². The van der Waals surface area contributed by atoms with Crippen LogP contribution in [0.2, 0.25) is 0 Å². The summed E-state index contributed by atoms with van der Waals surface area (Å²) in [5.41, 5.74) is 2.19. The van der Waals surface area contributed by atoms with Crippen LogP contribution in [-0.4, -0.2) is 27.8 Å². The van der Waals surface area contributed by atoms with Gasteiger partial charge in [-0.2, -0.15) is 0 Å². The first-order valence-corrected chi connectivity index (χ1v) is 10.9. The van der Waals surface area contributed by atoms with Crippen LogP contribution < -0.4 is 5.32 Å². The van der Waals surface area contributed by atoms with Gasteiger partial charge in [-0.25, -0.2) is 0 Å². The molecule has 0 radical (unpaired) electrons. The molecule has 0 amide bonds. The van der Waals surface area contributed by atoms with E-state index in [9.17, 15) is 4.79 Å². The van der Waals surface area contributed by atoms with Gasteiger partial charge in [0, 0.05) is 11.6 Å². The van der Waals surface area contributed by atoms with Gasteiger partial charge >= 0.3 is 0 Å². The van der Waals surface area contributed by atoms with Crippen LogP contribution in [0.4, 0.5) is 5.13 Å². The second-order valence-electron chi connectivity index (χ2n) is 6.96. The van der Waals surface area contributed by atoms with Gasteiger partial charge in [-0.3, -0.25) is 4.79 Å². The van der Waals surface area contributed by atoms with E-state index < -0.39 is 0 Å². The minimum atomic E-state index is 0.159. The summed E-state index contributed by atoms with van der Waals surface area (Å²) >= 11 is 3.02. The van der Waals surface area contributed by atoms with Gasteiger partial charge in [-0.1, -0.05) is 66.6 Å². The van der Waals surface area contributed by atoms with Gasteiger partial charge in [0.25, 0.3) is 0 Å². The van der Waals surface area contributed by atoms with Gasteiger partial charge in [0.15, 0.2) is 10.1 Å². The summed E-state index contributed by atoms with van der Waals surface area (Å²) in [4.78, 5) is 12.4. The summed E-state index contributed by atoms with van der Waals surface area (Å²) in [5.74, 6) is 1.26. The van der Waals surface area contributed by atoms with Gasteiger partial charge < -0.3 is 5.32 Å². The molecule has 0 bridgehead atoms. The minimum absolute atomic E-state index is 0.159. The Bertz CT molecular complexity index is 719. The molecule has 2 fully saturated rings. The first-order valence-electron chi connectivity index (χ1n) is 9.14. The number of nitrogens with zero attached hydrogens (tertiary/aromatic N) is 2. The van der Waals surface area contributed by atoms with E-state index in [0.29, 0.717) is 17.7 Å². The van der Waals surface area contributed by atoms with Gasteiger partial charge in [-0.15, -0.1) is 10.2 Å². The number of carbonyl (C=O) groups is 1. The number of hydrogen-bond donors (Lipinski definition) is 1.